The van der Waals surface area contributed by atoms with Gasteiger partial charge in [0.25, 0.3) is 15.0 Å². The van der Waals surface area contributed by atoms with E-state index in [1.54, 1.807) is 36.2 Å². The number of carbonyl (C=O) groups is 1. The molecule has 0 spiro atoms. The first kappa shape index (κ1) is 46.9. The van der Waals surface area contributed by atoms with E-state index in [-0.39, 0.29) is 28.8 Å². The van der Waals surface area contributed by atoms with E-state index in [4.69, 9.17) is 15.0 Å². The third-order valence-corrected chi connectivity index (χ3v) is 13.8. The first-order valence-corrected chi connectivity index (χ1v) is 24.4. The van der Waals surface area contributed by atoms with Gasteiger partial charge in [-0.15, -0.1) is 0 Å². The number of sulfonamides is 1. The molecule has 12 nitrogen and oxygen atoms in total. The molecule has 6 rings (SSSR count). The van der Waals surface area contributed by atoms with Gasteiger partial charge in [0.2, 0.25) is 10.0 Å². The topological polar surface area (TPSA) is 157 Å². The minimum atomic E-state index is -3.82. The summed E-state index contributed by atoms with van der Waals surface area (Å²) in [4.78, 5) is 24.4. The summed E-state index contributed by atoms with van der Waals surface area (Å²) >= 11 is 3.99. The fraction of sp³-hybridized carbons (Fsp3) is 0.243. The van der Waals surface area contributed by atoms with E-state index < -0.39 is 46.4 Å². The monoisotopic (exact) mass is 965 g/mol. The highest BCUT2D eigenvalue weighted by atomic mass is 79.9. The van der Waals surface area contributed by atoms with Crippen molar-refractivity contribution in [3.8, 4) is 0 Å². The van der Waals surface area contributed by atoms with Crippen molar-refractivity contribution in [3.63, 3.8) is 0 Å². The number of halogens is 5. The van der Waals surface area contributed by atoms with Gasteiger partial charge in [0.1, 0.15) is 17.5 Å². The van der Waals surface area contributed by atoms with E-state index in [0.29, 0.717) is 60.2 Å². The van der Waals surface area contributed by atoms with Crippen LogP contribution in [0.25, 0.3) is 10.9 Å². The van der Waals surface area contributed by atoms with E-state index >= 15 is 0 Å². The number of pyridine rings is 1. The van der Waals surface area contributed by atoms with E-state index in [1.807, 2.05) is 6.92 Å². The van der Waals surface area contributed by atoms with Gasteiger partial charge in [0, 0.05) is 64.4 Å². The molecule has 0 bridgehead atoms. The molecule has 0 radical (unpaired) electrons. The number of alkyl halides is 1. The Balaban J connectivity index is 0.000000243. The molecule has 2 heterocycles. The van der Waals surface area contributed by atoms with Crippen LogP contribution in [0.15, 0.2) is 87.6 Å². The van der Waals surface area contributed by atoms with Gasteiger partial charge in [-0.3, -0.25) is 14.1 Å². The van der Waals surface area contributed by atoms with Crippen molar-refractivity contribution < 1.29 is 52.4 Å². The summed E-state index contributed by atoms with van der Waals surface area (Å²) in [6, 6.07) is 14.9. The number of aryl methyl sites for hydroxylation is 2. The van der Waals surface area contributed by atoms with E-state index in [2.05, 4.69) is 25.8 Å². The maximum atomic E-state index is 13.8. The molecule has 58 heavy (non-hydrogen) atoms. The van der Waals surface area contributed by atoms with Crippen molar-refractivity contribution in [1.82, 2.24) is 9.88 Å². The van der Waals surface area contributed by atoms with Gasteiger partial charge in [0.15, 0.2) is 9.84 Å². The molecule has 1 aromatic heterocycles. The molecular formula is C37H36BrClF3N3O9S4. The van der Waals surface area contributed by atoms with Crippen molar-refractivity contribution in [2.45, 2.75) is 47.0 Å². The number of carbonyl (C=O) groups excluding carboxylic acids is 1. The number of hydrogen-bond acceptors (Lipinski definition) is 11. The maximum Gasteiger partial charge on any atom is 0.261 e. The standard InChI is InChI=1S/C22H22FN3O5S2.C8H8BrFO2S.C7H6ClFO2S/c1-13-19-17(21(25(2)33(4,28)29)16-6-5-9-24-20(13)16)12-26(22(19)27)11-14-7-8-15(23)10-18(14)32-31-30-3;1-13(11,12)8-4-7(10)3-2-6(8)5-9;1-5-2-3-6(9)4-7(5)12(8,10)11/h5-10H,11-12H2,1-4H3;2-4H,5H2,1H3;2-4H,1H3. The molecule has 312 valence electrons. The van der Waals surface area contributed by atoms with E-state index in [0.717, 1.165) is 36.7 Å². The second-order valence-electron chi connectivity index (χ2n) is 12.7. The SMILES string of the molecule is COOSc1cc(F)ccc1CN1Cc2c(c(C)c3ncccc3c2N(C)S(C)(=O)=O)C1=O.CS(=O)(=O)c1cc(F)ccc1CBr.Cc1ccc(F)cc1S(=O)(=O)Cl. The van der Waals surface area contributed by atoms with Crippen LogP contribution < -0.4 is 4.31 Å². The first-order valence-electron chi connectivity index (χ1n) is 16.5. The molecule has 1 aliphatic heterocycles. The highest BCUT2D eigenvalue weighted by Crippen LogP contribution is 2.41. The van der Waals surface area contributed by atoms with Crippen LogP contribution in [-0.2, 0) is 56.6 Å². The Morgan fingerprint density at radius 3 is 2.03 bits per heavy atom. The molecule has 0 atom stereocenters. The maximum absolute atomic E-state index is 13.8. The molecule has 5 aromatic rings. The molecule has 4 aromatic carbocycles. The summed E-state index contributed by atoms with van der Waals surface area (Å²) in [6.45, 7) is 3.73. The Morgan fingerprint density at radius 2 is 1.48 bits per heavy atom. The fourth-order valence-electron chi connectivity index (χ4n) is 5.87. The van der Waals surface area contributed by atoms with Crippen molar-refractivity contribution in [1.29, 1.82) is 0 Å². The van der Waals surface area contributed by atoms with Crippen LogP contribution in [0.2, 0.25) is 0 Å². The Bertz CT molecular complexity index is 2710. The van der Waals surface area contributed by atoms with Crippen LogP contribution in [0.5, 0.6) is 0 Å². The lowest BCUT2D eigenvalue weighted by Crippen LogP contribution is -2.26. The molecule has 0 saturated heterocycles. The van der Waals surface area contributed by atoms with Crippen LogP contribution >= 0.6 is 38.7 Å². The van der Waals surface area contributed by atoms with E-state index in [1.165, 1.54) is 54.9 Å². The Labute approximate surface area is 352 Å². The number of anilines is 1. The minimum Gasteiger partial charge on any atom is -0.330 e. The van der Waals surface area contributed by atoms with Gasteiger partial charge in [0.05, 0.1) is 52.0 Å². The third kappa shape index (κ3) is 11.3. The summed E-state index contributed by atoms with van der Waals surface area (Å²) in [5.74, 6) is -1.83. The Kier molecular flexibility index (Phi) is 15.4. The molecule has 0 unspecified atom stereocenters. The summed E-state index contributed by atoms with van der Waals surface area (Å²) in [5, 5.41) is 1.05. The molecule has 0 saturated carbocycles. The average molecular weight is 967 g/mol. The highest BCUT2D eigenvalue weighted by Gasteiger charge is 2.36. The largest absolute Gasteiger partial charge is 0.330 e. The molecule has 1 aliphatic rings. The summed E-state index contributed by atoms with van der Waals surface area (Å²) in [6.07, 6.45) is 3.79. The summed E-state index contributed by atoms with van der Waals surface area (Å²) in [7, 11) is -2.91. The van der Waals surface area contributed by atoms with Gasteiger partial charge in [-0.25, -0.2) is 43.3 Å². The minimum absolute atomic E-state index is 0.0457. The lowest BCUT2D eigenvalue weighted by atomic mass is 9.97. The third-order valence-electron chi connectivity index (χ3n) is 8.61. The van der Waals surface area contributed by atoms with E-state index in [9.17, 15) is 43.2 Å². The number of sulfone groups is 1. The number of benzene rings is 4. The van der Waals surface area contributed by atoms with Crippen molar-refractivity contribution in [2.75, 3.05) is 31.0 Å². The van der Waals surface area contributed by atoms with Crippen LogP contribution in [0, 0.1) is 31.3 Å². The highest BCUT2D eigenvalue weighted by molar-refractivity contribution is 9.08. The average Bonchev–Trinajstić information content (AvgIpc) is 3.47. The van der Waals surface area contributed by atoms with Crippen LogP contribution in [0.3, 0.4) is 0 Å². The predicted octanol–water partition coefficient (Wildman–Crippen LogP) is 8.00. The predicted molar refractivity (Wildman–Crippen MR) is 220 cm³/mol. The van der Waals surface area contributed by atoms with Gasteiger partial charge in [-0.2, -0.15) is 4.33 Å². The van der Waals surface area contributed by atoms with Gasteiger partial charge in [-0.1, -0.05) is 34.1 Å². The van der Waals surface area contributed by atoms with Crippen molar-refractivity contribution in [3.05, 3.63) is 124 Å². The molecule has 1 amide bonds. The summed E-state index contributed by atoms with van der Waals surface area (Å²) in [5.41, 5.74) is 4.44. The second-order valence-corrected chi connectivity index (χ2v) is 20.5. The molecule has 21 heteroatoms. The van der Waals surface area contributed by atoms with Crippen molar-refractivity contribution >= 4 is 90.1 Å². The van der Waals surface area contributed by atoms with Gasteiger partial charge < -0.3 is 4.90 Å². The lowest BCUT2D eigenvalue weighted by molar-refractivity contribution is -0.160. The second kappa shape index (κ2) is 19.1. The zero-order valence-electron chi connectivity index (χ0n) is 31.6. The van der Waals surface area contributed by atoms with Gasteiger partial charge in [-0.05, 0) is 84.6 Å². The number of aromatic nitrogens is 1. The van der Waals surface area contributed by atoms with Crippen molar-refractivity contribution in [2.24, 2.45) is 0 Å². The number of hydrogen-bond donors (Lipinski definition) is 0. The molecule has 0 N–H and O–H groups in total. The number of fused-ring (bicyclic) bond motifs is 2. The Morgan fingerprint density at radius 1 is 0.897 bits per heavy atom. The fourth-order valence-corrected chi connectivity index (χ4v) is 9.78. The quantitative estimate of drug-likeness (QED) is 0.0439. The molecule has 0 fully saturated rings. The zero-order valence-corrected chi connectivity index (χ0v) is 37.2. The smallest absolute Gasteiger partial charge is 0.261 e. The number of rotatable bonds is 10. The lowest BCUT2D eigenvalue weighted by Gasteiger charge is -2.23. The first-order chi connectivity index (χ1) is 27.0. The van der Waals surface area contributed by atoms with Crippen LogP contribution in [0.4, 0.5) is 18.9 Å². The number of amides is 1. The van der Waals surface area contributed by atoms with Gasteiger partial charge >= 0.3 is 0 Å². The zero-order chi connectivity index (χ0) is 43.3. The van der Waals surface area contributed by atoms with Crippen LogP contribution in [-0.4, -0.2) is 67.7 Å². The molecular weight excluding hydrogens is 931 g/mol. The number of nitrogens with zero attached hydrogens (tertiary/aromatic N) is 3. The Hall–Kier alpha value is -3.76. The normalized spacial score (nSPS) is 12.7. The molecule has 0 aliphatic carbocycles. The summed E-state index contributed by atoms with van der Waals surface area (Å²) < 4.78 is 114. The van der Waals surface area contributed by atoms with Crippen LogP contribution in [0.1, 0.15) is 38.2 Å².